The van der Waals surface area contributed by atoms with Crippen LogP contribution in [0.4, 0.5) is 0 Å². The summed E-state index contributed by atoms with van der Waals surface area (Å²) in [5, 5.41) is 21.4. The van der Waals surface area contributed by atoms with Crippen LogP contribution in [-0.2, 0) is 16.0 Å². The summed E-state index contributed by atoms with van der Waals surface area (Å²) in [4.78, 5) is 28.0. The molecule has 1 atom stereocenters. The summed E-state index contributed by atoms with van der Waals surface area (Å²) in [6.07, 6.45) is 1.35. The van der Waals surface area contributed by atoms with Crippen molar-refractivity contribution in [2.75, 3.05) is 20.3 Å². The number of hydrogen-bond acceptors (Lipinski definition) is 6. The Morgan fingerprint density at radius 1 is 1.00 bits per heavy atom. The molecule has 1 aliphatic rings. The number of aliphatic hydroxyl groups excluding tert-OH is 1. The molecule has 1 heterocycles. The molecular formula is C29H29NO6. The molecule has 1 unspecified atom stereocenters. The molecule has 2 N–H and O–H groups in total. The number of hydrogen-bond donors (Lipinski definition) is 2. The van der Waals surface area contributed by atoms with Crippen LogP contribution in [0.5, 0.6) is 17.2 Å². The topological polar surface area (TPSA) is 96.3 Å². The first kappa shape index (κ1) is 24.9. The molecule has 1 amide bonds. The Labute approximate surface area is 210 Å². The highest BCUT2D eigenvalue weighted by Crippen LogP contribution is 2.42. The molecule has 0 spiro atoms. The first-order valence-corrected chi connectivity index (χ1v) is 11.9. The van der Waals surface area contributed by atoms with Gasteiger partial charge in [-0.3, -0.25) is 9.59 Å². The van der Waals surface area contributed by atoms with E-state index >= 15 is 0 Å². The molecule has 7 heteroatoms. The van der Waals surface area contributed by atoms with E-state index in [0.29, 0.717) is 29.9 Å². The van der Waals surface area contributed by atoms with E-state index in [9.17, 15) is 19.8 Å². The molecule has 1 aliphatic heterocycles. The van der Waals surface area contributed by atoms with Gasteiger partial charge in [0, 0.05) is 12.1 Å². The van der Waals surface area contributed by atoms with Crippen molar-refractivity contribution in [3.8, 4) is 17.2 Å². The predicted molar refractivity (Wildman–Crippen MR) is 136 cm³/mol. The largest absolute Gasteiger partial charge is 0.507 e. The number of Topliss-reactive ketones (excluding diaryl/α,β-unsaturated/α-hetero) is 1. The molecule has 3 aromatic rings. The Morgan fingerprint density at radius 3 is 2.50 bits per heavy atom. The number of ketones is 1. The number of amides is 1. The lowest BCUT2D eigenvalue weighted by Gasteiger charge is -2.26. The zero-order valence-corrected chi connectivity index (χ0v) is 20.3. The van der Waals surface area contributed by atoms with Crippen LogP contribution in [0.3, 0.4) is 0 Å². The van der Waals surface area contributed by atoms with E-state index in [4.69, 9.17) is 9.47 Å². The number of methoxy groups -OCH3 is 1. The van der Waals surface area contributed by atoms with Crippen molar-refractivity contribution in [2.24, 2.45) is 0 Å². The van der Waals surface area contributed by atoms with E-state index in [2.05, 4.69) is 0 Å². The minimum atomic E-state index is -0.858. The van der Waals surface area contributed by atoms with Gasteiger partial charge in [-0.1, -0.05) is 55.5 Å². The first-order chi connectivity index (χ1) is 17.4. The van der Waals surface area contributed by atoms with E-state index in [1.807, 2.05) is 37.3 Å². The molecule has 0 aromatic heterocycles. The molecule has 0 bridgehead atoms. The number of phenols is 1. The maximum absolute atomic E-state index is 13.3. The molecule has 0 radical (unpaired) electrons. The van der Waals surface area contributed by atoms with E-state index in [1.165, 1.54) is 18.1 Å². The van der Waals surface area contributed by atoms with Crippen molar-refractivity contribution in [3.63, 3.8) is 0 Å². The van der Waals surface area contributed by atoms with Gasteiger partial charge in [0.15, 0.2) is 11.5 Å². The van der Waals surface area contributed by atoms with E-state index in [-0.39, 0.29) is 29.4 Å². The van der Waals surface area contributed by atoms with Gasteiger partial charge in [0.25, 0.3) is 11.7 Å². The van der Waals surface area contributed by atoms with Gasteiger partial charge in [0.2, 0.25) is 0 Å². The fourth-order valence-corrected chi connectivity index (χ4v) is 4.32. The lowest BCUT2D eigenvalue weighted by Crippen LogP contribution is -2.31. The molecule has 7 nitrogen and oxygen atoms in total. The van der Waals surface area contributed by atoms with Gasteiger partial charge in [-0.2, -0.15) is 0 Å². The van der Waals surface area contributed by atoms with Crippen LogP contribution < -0.4 is 9.47 Å². The summed E-state index contributed by atoms with van der Waals surface area (Å²) in [5.41, 5.74) is 1.91. The third-order valence-corrected chi connectivity index (χ3v) is 6.12. The van der Waals surface area contributed by atoms with Crippen molar-refractivity contribution < 1.29 is 29.3 Å². The maximum Gasteiger partial charge on any atom is 0.295 e. The van der Waals surface area contributed by atoms with Crippen LogP contribution in [0.2, 0.25) is 0 Å². The minimum Gasteiger partial charge on any atom is -0.507 e. The lowest BCUT2D eigenvalue weighted by atomic mass is 9.94. The molecule has 0 aliphatic carbocycles. The molecule has 1 saturated heterocycles. The SMILES string of the molecule is CCCOc1cccc(C(O)=C2C(=O)C(=O)N(CCc3ccccc3)C2c2ccc(O)c(OC)c2)c1. The number of ether oxygens (including phenoxy) is 2. The number of rotatable bonds is 9. The van der Waals surface area contributed by atoms with Gasteiger partial charge in [0.1, 0.15) is 11.5 Å². The van der Waals surface area contributed by atoms with Gasteiger partial charge < -0.3 is 24.6 Å². The Hall–Kier alpha value is -4.26. The van der Waals surface area contributed by atoms with E-state index in [1.54, 1.807) is 36.4 Å². The average Bonchev–Trinajstić information content (AvgIpc) is 3.16. The monoisotopic (exact) mass is 487 g/mol. The Kier molecular flexibility index (Phi) is 7.59. The highest BCUT2D eigenvalue weighted by molar-refractivity contribution is 6.46. The van der Waals surface area contributed by atoms with Gasteiger partial charge in [0.05, 0.1) is 25.3 Å². The fraction of sp³-hybridized carbons (Fsp3) is 0.241. The summed E-state index contributed by atoms with van der Waals surface area (Å²) in [7, 11) is 1.42. The van der Waals surface area contributed by atoms with Crippen molar-refractivity contribution in [3.05, 3.63) is 95.1 Å². The number of phenolic OH excluding ortho intramolecular Hbond substituents is 1. The first-order valence-electron chi connectivity index (χ1n) is 11.9. The summed E-state index contributed by atoms with van der Waals surface area (Å²) < 4.78 is 10.9. The molecule has 186 valence electrons. The standard InChI is InChI=1S/C29H29NO6/c1-3-16-36-22-11-7-10-21(17-22)27(32)25-26(20-12-13-23(31)24(18-20)35-2)30(29(34)28(25)33)15-14-19-8-5-4-6-9-19/h4-13,17-18,26,31-32H,3,14-16H2,1-2H3. The van der Waals surface area contributed by atoms with Gasteiger partial charge in [-0.25, -0.2) is 0 Å². The highest BCUT2D eigenvalue weighted by atomic mass is 16.5. The molecule has 36 heavy (non-hydrogen) atoms. The number of benzene rings is 3. The number of carbonyl (C=O) groups is 2. The molecule has 4 rings (SSSR count). The Bertz CT molecular complexity index is 1280. The summed E-state index contributed by atoms with van der Waals surface area (Å²) >= 11 is 0. The zero-order valence-electron chi connectivity index (χ0n) is 20.3. The van der Waals surface area contributed by atoms with Crippen LogP contribution in [0.25, 0.3) is 5.76 Å². The number of nitrogens with zero attached hydrogens (tertiary/aromatic N) is 1. The van der Waals surface area contributed by atoms with Crippen molar-refractivity contribution >= 4 is 17.4 Å². The molecule has 0 saturated carbocycles. The van der Waals surface area contributed by atoms with Gasteiger partial charge >= 0.3 is 0 Å². The van der Waals surface area contributed by atoms with Crippen LogP contribution in [0.15, 0.2) is 78.4 Å². The second-order valence-electron chi connectivity index (χ2n) is 8.54. The maximum atomic E-state index is 13.3. The van der Waals surface area contributed by atoms with Crippen molar-refractivity contribution in [2.45, 2.75) is 25.8 Å². The minimum absolute atomic E-state index is 0.0200. The summed E-state index contributed by atoms with van der Waals surface area (Å²) in [6, 6.07) is 20.3. The average molecular weight is 488 g/mol. The molecule has 1 fully saturated rings. The van der Waals surface area contributed by atoms with Crippen LogP contribution in [0, 0.1) is 0 Å². The van der Waals surface area contributed by atoms with Gasteiger partial charge in [-0.05, 0) is 48.2 Å². The zero-order chi connectivity index (χ0) is 25.7. The number of carbonyl (C=O) groups excluding carboxylic acids is 2. The lowest BCUT2D eigenvalue weighted by molar-refractivity contribution is -0.139. The summed E-state index contributed by atoms with van der Waals surface area (Å²) in [6.45, 7) is 2.77. The van der Waals surface area contributed by atoms with Crippen LogP contribution in [0.1, 0.15) is 36.1 Å². The van der Waals surface area contributed by atoms with Gasteiger partial charge in [-0.15, -0.1) is 0 Å². The molecule has 3 aromatic carbocycles. The van der Waals surface area contributed by atoms with E-state index < -0.39 is 17.7 Å². The smallest absolute Gasteiger partial charge is 0.295 e. The van der Waals surface area contributed by atoms with E-state index in [0.717, 1.165) is 12.0 Å². The Morgan fingerprint density at radius 2 is 1.78 bits per heavy atom. The number of likely N-dealkylation sites (tertiary alicyclic amines) is 1. The fourth-order valence-electron chi connectivity index (χ4n) is 4.32. The highest BCUT2D eigenvalue weighted by Gasteiger charge is 2.46. The van der Waals surface area contributed by atoms with Crippen molar-refractivity contribution in [1.29, 1.82) is 0 Å². The van der Waals surface area contributed by atoms with Crippen molar-refractivity contribution in [1.82, 2.24) is 4.90 Å². The third kappa shape index (κ3) is 5.05. The number of aromatic hydroxyl groups is 1. The normalized spacial score (nSPS) is 16.8. The Balaban J connectivity index is 1.80. The van der Waals surface area contributed by atoms with Crippen LogP contribution >= 0.6 is 0 Å². The quantitative estimate of drug-likeness (QED) is 0.254. The summed E-state index contributed by atoms with van der Waals surface area (Å²) in [5.74, 6) is -1.05. The number of aliphatic hydroxyl groups is 1. The second-order valence-corrected chi connectivity index (χ2v) is 8.54. The predicted octanol–water partition coefficient (Wildman–Crippen LogP) is 4.85. The molecular weight excluding hydrogens is 458 g/mol. The van der Waals surface area contributed by atoms with Crippen LogP contribution in [-0.4, -0.2) is 47.1 Å². The second kappa shape index (κ2) is 11.0. The third-order valence-electron chi connectivity index (χ3n) is 6.12.